The molecule has 1 atom stereocenters. The van der Waals surface area contributed by atoms with Crippen LogP contribution in [0, 0.1) is 6.92 Å². The molecule has 3 aromatic rings. The zero-order valence-corrected chi connectivity index (χ0v) is 21.0. The van der Waals surface area contributed by atoms with Crippen molar-refractivity contribution >= 4 is 17.3 Å². The van der Waals surface area contributed by atoms with Gasteiger partial charge in [0.2, 0.25) is 5.60 Å². The number of rotatable bonds is 9. The van der Waals surface area contributed by atoms with Gasteiger partial charge in [-0.25, -0.2) is 9.78 Å². The fourth-order valence-electron chi connectivity index (χ4n) is 3.55. The van der Waals surface area contributed by atoms with Gasteiger partial charge in [0, 0.05) is 11.8 Å². The summed E-state index contributed by atoms with van der Waals surface area (Å²) in [5.74, 6) is 0.0157. The van der Waals surface area contributed by atoms with E-state index in [-0.39, 0.29) is 0 Å². The Hall–Kier alpha value is -3.07. The third-order valence-electron chi connectivity index (χ3n) is 5.59. The number of thiazole rings is 1. The van der Waals surface area contributed by atoms with Crippen LogP contribution in [0.2, 0.25) is 0 Å². The molecule has 0 saturated carbocycles. The molecule has 0 amide bonds. The van der Waals surface area contributed by atoms with Gasteiger partial charge >= 0.3 is 12.1 Å². The van der Waals surface area contributed by atoms with Gasteiger partial charge in [-0.05, 0) is 70.0 Å². The van der Waals surface area contributed by atoms with E-state index in [0.29, 0.717) is 34.9 Å². The molecule has 35 heavy (non-hydrogen) atoms. The second-order valence-electron chi connectivity index (χ2n) is 9.03. The zero-order valence-electron chi connectivity index (χ0n) is 20.2. The van der Waals surface area contributed by atoms with Crippen LogP contribution in [0.5, 0.6) is 11.5 Å². The van der Waals surface area contributed by atoms with Crippen molar-refractivity contribution in [3.63, 3.8) is 0 Å². The number of ether oxygens (including phenoxy) is 2. The van der Waals surface area contributed by atoms with Gasteiger partial charge in [0.15, 0.2) is 0 Å². The van der Waals surface area contributed by atoms with Crippen LogP contribution in [0.3, 0.4) is 0 Å². The van der Waals surface area contributed by atoms with Gasteiger partial charge < -0.3 is 14.6 Å². The number of hydrogen-bond acceptors (Lipinski definition) is 5. The molecule has 1 unspecified atom stereocenters. The SMILES string of the molecule is CCCC(C)(Oc1ccc(OC(C)(C)c2cnc(-c3ccc(C(F)(F)F)cc3)s2)cc1C)C(=O)O. The normalized spacial score (nSPS) is 13.8. The van der Waals surface area contributed by atoms with E-state index < -0.39 is 28.9 Å². The molecule has 0 aliphatic carbocycles. The van der Waals surface area contributed by atoms with Crippen LogP contribution in [0.1, 0.15) is 56.5 Å². The molecular weight excluding hydrogens is 479 g/mol. The Bertz CT molecular complexity index is 1190. The number of aromatic nitrogens is 1. The monoisotopic (exact) mass is 507 g/mol. The highest BCUT2D eigenvalue weighted by Gasteiger charge is 2.35. The van der Waals surface area contributed by atoms with Crippen LogP contribution < -0.4 is 9.47 Å². The van der Waals surface area contributed by atoms with Crippen molar-refractivity contribution in [2.75, 3.05) is 0 Å². The smallest absolute Gasteiger partial charge is 0.416 e. The predicted octanol–water partition coefficient (Wildman–Crippen LogP) is 7.47. The summed E-state index contributed by atoms with van der Waals surface area (Å²) in [6.07, 6.45) is -1.69. The summed E-state index contributed by atoms with van der Waals surface area (Å²) in [6, 6.07) is 10.1. The molecule has 0 aliphatic rings. The maximum Gasteiger partial charge on any atom is 0.416 e. The Morgan fingerprint density at radius 3 is 2.26 bits per heavy atom. The first-order valence-corrected chi connectivity index (χ1v) is 11.9. The molecule has 0 fully saturated rings. The number of carbonyl (C=O) groups is 1. The van der Waals surface area contributed by atoms with E-state index in [4.69, 9.17) is 9.47 Å². The van der Waals surface area contributed by atoms with E-state index >= 15 is 0 Å². The highest BCUT2D eigenvalue weighted by Crippen LogP contribution is 2.37. The van der Waals surface area contributed by atoms with Gasteiger partial charge in [-0.1, -0.05) is 25.5 Å². The Morgan fingerprint density at radius 1 is 1.06 bits per heavy atom. The predicted molar refractivity (Wildman–Crippen MR) is 129 cm³/mol. The standard InChI is InChI=1S/C26H28F3NO4S/c1-6-13-25(5,23(31)32)34-20-12-11-19(14-16(20)2)33-24(3,4)21-15-30-22(35-21)17-7-9-18(10-8-17)26(27,28)29/h7-12,14-15H,6,13H2,1-5H3,(H,31,32). The second-order valence-corrected chi connectivity index (χ2v) is 10.1. The molecule has 0 aliphatic heterocycles. The van der Waals surface area contributed by atoms with Crippen LogP contribution >= 0.6 is 11.3 Å². The molecule has 1 aromatic heterocycles. The Kier molecular flexibility index (Phi) is 7.50. The molecule has 0 spiro atoms. The molecule has 1 N–H and O–H groups in total. The molecular formula is C26H28F3NO4S. The van der Waals surface area contributed by atoms with Gasteiger partial charge in [0.25, 0.3) is 0 Å². The van der Waals surface area contributed by atoms with Crippen molar-refractivity contribution in [1.29, 1.82) is 0 Å². The van der Waals surface area contributed by atoms with Crippen molar-refractivity contribution < 1.29 is 32.5 Å². The lowest BCUT2D eigenvalue weighted by molar-refractivity contribution is -0.154. The fourth-order valence-corrected chi connectivity index (χ4v) is 4.51. The van der Waals surface area contributed by atoms with E-state index in [9.17, 15) is 23.1 Å². The van der Waals surface area contributed by atoms with E-state index in [0.717, 1.165) is 22.6 Å². The van der Waals surface area contributed by atoms with Crippen LogP contribution in [0.15, 0.2) is 48.7 Å². The lowest BCUT2D eigenvalue weighted by atomic mass is 10.0. The number of halogens is 3. The molecule has 1 heterocycles. The van der Waals surface area contributed by atoms with Crippen LogP contribution in [-0.4, -0.2) is 21.7 Å². The van der Waals surface area contributed by atoms with Crippen molar-refractivity contribution in [2.45, 2.75) is 64.8 Å². The summed E-state index contributed by atoms with van der Waals surface area (Å²) in [6.45, 7) is 9.03. The number of nitrogens with zero attached hydrogens (tertiary/aromatic N) is 1. The van der Waals surface area contributed by atoms with Crippen LogP contribution in [-0.2, 0) is 16.6 Å². The number of hydrogen-bond donors (Lipinski definition) is 1. The fraction of sp³-hybridized carbons (Fsp3) is 0.385. The van der Waals surface area contributed by atoms with Gasteiger partial charge in [0.05, 0.1) is 10.4 Å². The molecule has 0 radical (unpaired) electrons. The summed E-state index contributed by atoms with van der Waals surface area (Å²) in [5.41, 5.74) is -1.47. The average molecular weight is 508 g/mol. The van der Waals surface area contributed by atoms with Gasteiger partial charge in [0.1, 0.15) is 22.1 Å². The first-order chi connectivity index (χ1) is 16.2. The first kappa shape index (κ1) is 26.5. The molecule has 5 nitrogen and oxygen atoms in total. The van der Waals surface area contributed by atoms with Crippen molar-refractivity contribution in [1.82, 2.24) is 4.98 Å². The van der Waals surface area contributed by atoms with Gasteiger partial charge in [-0.15, -0.1) is 11.3 Å². The van der Waals surface area contributed by atoms with Gasteiger partial charge in [-0.3, -0.25) is 0 Å². The lowest BCUT2D eigenvalue weighted by Gasteiger charge is -2.28. The van der Waals surface area contributed by atoms with Crippen molar-refractivity contribution in [2.24, 2.45) is 0 Å². The summed E-state index contributed by atoms with van der Waals surface area (Å²) in [4.78, 5) is 16.9. The molecule has 3 rings (SSSR count). The molecule has 9 heteroatoms. The number of benzene rings is 2. The first-order valence-electron chi connectivity index (χ1n) is 11.1. The van der Waals surface area contributed by atoms with E-state index in [1.165, 1.54) is 23.5 Å². The maximum atomic E-state index is 12.8. The largest absolute Gasteiger partial charge is 0.482 e. The highest BCUT2D eigenvalue weighted by atomic mass is 32.1. The Labute approximate surface area is 206 Å². The topological polar surface area (TPSA) is 68.7 Å². The molecule has 188 valence electrons. The number of carboxylic acids is 1. The number of aliphatic carboxylic acids is 1. The second kappa shape index (κ2) is 9.89. The Balaban J connectivity index is 1.77. The zero-order chi connectivity index (χ0) is 26.0. The van der Waals surface area contributed by atoms with Gasteiger partial charge in [-0.2, -0.15) is 13.2 Å². The minimum atomic E-state index is -4.39. The van der Waals surface area contributed by atoms with Crippen molar-refractivity contribution in [3.05, 3.63) is 64.7 Å². The quantitative estimate of drug-likeness (QED) is 0.325. The minimum absolute atomic E-state index is 0.375. The van der Waals surface area contributed by atoms with E-state index in [1.54, 1.807) is 31.3 Å². The molecule has 2 aromatic carbocycles. The van der Waals surface area contributed by atoms with Crippen LogP contribution in [0.4, 0.5) is 13.2 Å². The van der Waals surface area contributed by atoms with Crippen molar-refractivity contribution in [3.8, 4) is 22.1 Å². The third-order valence-corrected chi connectivity index (χ3v) is 6.94. The minimum Gasteiger partial charge on any atom is -0.482 e. The maximum absolute atomic E-state index is 12.8. The number of aryl methyl sites for hydroxylation is 1. The summed E-state index contributed by atoms with van der Waals surface area (Å²) < 4.78 is 50.6. The summed E-state index contributed by atoms with van der Waals surface area (Å²) in [5, 5.41) is 10.2. The Morgan fingerprint density at radius 2 is 1.71 bits per heavy atom. The number of alkyl halides is 3. The van der Waals surface area contributed by atoms with E-state index in [2.05, 4.69) is 4.98 Å². The highest BCUT2D eigenvalue weighted by molar-refractivity contribution is 7.15. The molecule has 0 saturated heterocycles. The summed E-state index contributed by atoms with van der Waals surface area (Å²) in [7, 11) is 0. The third kappa shape index (κ3) is 6.14. The van der Waals surface area contributed by atoms with Crippen LogP contribution in [0.25, 0.3) is 10.6 Å². The lowest BCUT2D eigenvalue weighted by Crippen LogP contribution is -2.41. The van der Waals surface area contributed by atoms with E-state index in [1.807, 2.05) is 27.7 Å². The summed E-state index contributed by atoms with van der Waals surface area (Å²) >= 11 is 1.34. The average Bonchev–Trinajstić information content (AvgIpc) is 3.26. The molecule has 0 bridgehead atoms. The number of carboxylic acid groups (broad SMARTS) is 1.